The van der Waals surface area contributed by atoms with Crippen LogP contribution in [0.5, 0.6) is 0 Å². The summed E-state index contributed by atoms with van der Waals surface area (Å²) in [5.41, 5.74) is -2.07. The molecule has 19 heavy (non-hydrogen) atoms. The van der Waals surface area contributed by atoms with Crippen LogP contribution in [0.2, 0.25) is 0 Å². The second-order valence-electron chi connectivity index (χ2n) is 3.10. The van der Waals surface area contributed by atoms with Crippen LogP contribution in [0.1, 0.15) is 24.5 Å². The van der Waals surface area contributed by atoms with Gasteiger partial charge in [0.05, 0.1) is 6.61 Å². The predicted molar refractivity (Wildman–Crippen MR) is 64.2 cm³/mol. The third-order valence-corrected chi connectivity index (χ3v) is 2.73. The SMILES string of the molecule is CC.COCc1nn2c(=O)cc(C(F)(F)F)nc2s1. The predicted octanol–water partition coefficient (Wildman–Crippen LogP) is 2.34. The van der Waals surface area contributed by atoms with Crippen molar-refractivity contribution in [3.05, 3.63) is 27.1 Å². The van der Waals surface area contributed by atoms with Gasteiger partial charge in [0.2, 0.25) is 4.96 Å². The normalized spacial score (nSPS) is 11.3. The van der Waals surface area contributed by atoms with Gasteiger partial charge in [-0.2, -0.15) is 22.8 Å². The number of fused-ring (bicyclic) bond motifs is 1. The third-order valence-electron chi connectivity index (χ3n) is 1.85. The summed E-state index contributed by atoms with van der Waals surface area (Å²) in [5.74, 6) is 0. The number of alkyl halides is 3. The van der Waals surface area contributed by atoms with E-state index in [1.807, 2.05) is 13.8 Å². The summed E-state index contributed by atoms with van der Waals surface area (Å²) in [7, 11) is 1.42. The van der Waals surface area contributed by atoms with E-state index in [2.05, 4.69) is 10.1 Å². The number of halogens is 3. The molecule has 0 spiro atoms. The number of methoxy groups -OCH3 is 1. The van der Waals surface area contributed by atoms with E-state index in [0.29, 0.717) is 11.1 Å². The zero-order chi connectivity index (χ0) is 14.6. The Hall–Kier alpha value is -1.48. The Kier molecular flexibility index (Phi) is 5.01. The Bertz CT molecular complexity index is 606. The molecule has 0 saturated carbocycles. The number of ether oxygens (including phenoxy) is 1. The number of hydrogen-bond acceptors (Lipinski definition) is 5. The number of hydrogen-bond donors (Lipinski definition) is 0. The monoisotopic (exact) mass is 295 g/mol. The number of rotatable bonds is 2. The van der Waals surface area contributed by atoms with Gasteiger partial charge in [0.25, 0.3) is 5.56 Å². The van der Waals surface area contributed by atoms with E-state index in [0.717, 1.165) is 15.9 Å². The zero-order valence-electron chi connectivity index (χ0n) is 10.5. The molecule has 106 valence electrons. The van der Waals surface area contributed by atoms with Crippen LogP contribution >= 0.6 is 11.3 Å². The third kappa shape index (κ3) is 3.51. The van der Waals surface area contributed by atoms with Crippen molar-refractivity contribution in [2.24, 2.45) is 0 Å². The van der Waals surface area contributed by atoms with Crippen LogP contribution in [0.25, 0.3) is 4.96 Å². The quantitative estimate of drug-likeness (QED) is 0.853. The van der Waals surface area contributed by atoms with E-state index in [4.69, 9.17) is 4.74 Å². The van der Waals surface area contributed by atoms with Crippen LogP contribution < -0.4 is 5.56 Å². The Balaban J connectivity index is 0.000000861. The molecule has 0 fully saturated rings. The molecule has 0 N–H and O–H groups in total. The van der Waals surface area contributed by atoms with Crippen molar-refractivity contribution in [2.75, 3.05) is 7.11 Å². The van der Waals surface area contributed by atoms with Crippen molar-refractivity contribution >= 4 is 16.3 Å². The first-order valence-corrected chi connectivity index (χ1v) is 6.19. The highest BCUT2D eigenvalue weighted by molar-refractivity contribution is 7.16. The van der Waals surface area contributed by atoms with Crippen LogP contribution in [0.3, 0.4) is 0 Å². The fourth-order valence-electron chi connectivity index (χ4n) is 1.18. The summed E-state index contributed by atoms with van der Waals surface area (Å²) >= 11 is 0.882. The molecule has 2 heterocycles. The molecule has 0 bridgehead atoms. The van der Waals surface area contributed by atoms with Crippen molar-refractivity contribution < 1.29 is 17.9 Å². The molecule has 2 aromatic heterocycles. The largest absolute Gasteiger partial charge is 0.433 e. The number of nitrogens with zero attached hydrogens (tertiary/aromatic N) is 3. The zero-order valence-corrected chi connectivity index (χ0v) is 11.3. The van der Waals surface area contributed by atoms with Gasteiger partial charge in [-0.3, -0.25) is 4.79 Å². The Morgan fingerprint density at radius 1 is 1.42 bits per heavy atom. The van der Waals surface area contributed by atoms with Crippen molar-refractivity contribution in [1.82, 2.24) is 14.6 Å². The summed E-state index contributed by atoms with van der Waals surface area (Å²) < 4.78 is 42.8. The summed E-state index contributed by atoms with van der Waals surface area (Å²) in [4.78, 5) is 14.6. The van der Waals surface area contributed by atoms with E-state index in [1.165, 1.54) is 7.11 Å². The molecule has 0 radical (unpaired) electrons. The molecule has 2 rings (SSSR count). The summed E-state index contributed by atoms with van der Waals surface area (Å²) in [5, 5.41) is 4.18. The lowest BCUT2D eigenvalue weighted by atomic mass is 10.4. The summed E-state index contributed by atoms with van der Waals surface area (Å²) in [6.45, 7) is 4.12. The van der Waals surface area contributed by atoms with Crippen LogP contribution in [-0.2, 0) is 17.5 Å². The summed E-state index contributed by atoms with van der Waals surface area (Å²) in [6.07, 6.45) is -4.64. The maximum Gasteiger partial charge on any atom is 0.433 e. The first-order chi connectivity index (χ1) is 8.91. The molecule has 0 saturated heterocycles. The van der Waals surface area contributed by atoms with Crippen LogP contribution in [-0.4, -0.2) is 21.7 Å². The standard InChI is InChI=1S/C8H6F3N3O2S.C2H6/c1-16-3-5-13-14-6(15)2-4(8(9,10)11)12-7(14)17-5;1-2/h2H,3H2,1H3;1-2H3. The van der Waals surface area contributed by atoms with Gasteiger partial charge in [0, 0.05) is 13.2 Å². The van der Waals surface area contributed by atoms with E-state index in [1.54, 1.807) is 0 Å². The second-order valence-corrected chi connectivity index (χ2v) is 4.14. The van der Waals surface area contributed by atoms with Gasteiger partial charge in [-0.25, -0.2) is 4.98 Å². The van der Waals surface area contributed by atoms with Crippen molar-refractivity contribution in [3.63, 3.8) is 0 Å². The highest BCUT2D eigenvalue weighted by Crippen LogP contribution is 2.27. The van der Waals surface area contributed by atoms with Gasteiger partial charge in [-0.15, -0.1) is 0 Å². The smallest absolute Gasteiger partial charge is 0.377 e. The van der Waals surface area contributed by atoms with Crippen molar-refractivity contribution in [1.29, 1.82) is 0 Å². The minimum absolute atomic E-state index is 0.100. The second kappa shape index (κ2) is 6.11. The van der Waals surface area contributed by atoms with Crippen LogP contribution in [0, 0.1) is 0 Å². The van der Waals surface area contributed by atoms with E-state index >= 15 is 0 Å². The van der Waals surface area contributed by atoms with Crippen molar-refractivity contribution in [2.45, 2.75) is 26.6 Å². The molecule has 9 heteroatoms. The minimum Gasteiger partial charge on any atom is -0.377 e. The fourth-order valence-corrected chi connectivity index (χ4v) is 2.05. The van der Waals surface area contributed by atoms with E-state index in [-0.39, 0.29) is 11.6 Å². The van der Waals surface area contributed by atoms with Gasteiger partial charge in [-0.05, 0) is 0 Å². The average Bonchev–Trinajstić information content (AvgIpc) is 2.74. The van der Waals surface area contributed by atoms with Gasteiger partial charge >= 0.3 is 6.18 Å². The topological polar surface area (TPSA) is 56.5 Å². The molecule has 0 aliphatic carbocycles. The van der Waals surface area contributed by atoms with E-state index in [9.17, 15) is 18.0 Å². The molecule has 0 aliphatic heterocycles. The molecule has 0 aromatic carbocycles. The maximum absolute atomic E-state index is 12.4. The number of aromatic nitrogens is 3. The molecular weight excluding hydrogens is 283 g/mol. The Morgan fingerprint density at radius 2 is 2.05 bits per heavy atom. The molecule has 0 atom stereocenters. The van der Waals surface area contributed by atoms with Crippen molar-refractivity contribution in [3.8, 4) is 0 Å². The van der Waals surface area contributed by atoms with Gasteiger partial charge in [0.1, 0.15) is 5.01 Å². The lowest BCUT2D eigenvalue weighted by Crippen LogP contribution is -2.19. The average molecular weight is 295 g/mol. The molecule has 2 aromatic rings. The molecule has 0 unspecified atom stereocenters. The van der Waals surface area contributed by atoms with Gasteiger partial charge in [0.15, 0.2) is 5.69 Å². The Morgan fingerprint density at radius 3 is 2.58 bits per heavy atom. The highest BCUT2D eigenvalue weighted by atomic mass is 32.1. The summed E-state index contributed by atoms with van der Waals surface area (Å²) in [6, 6.07) is 0.420. The lowest BCUT2D eigenvalue weighted by Gasteiger charge is -2.03. The van der Waals surface area contributed by atoms with Crippen LogP contribution in [0.15, 0.2) is 10.9 Å². The molecule has 5 nitrogen and oxygen atoms in total. The fraction of sp³-hybridized carbons (Fsp3) is 0.500. The highest BCUT2D eigenvalue weighted by Gasteiger charge is 2.33. The molecular formula is C10H12F3N3O2S. The maximum atomic E-state index is 12.4. The minimum atomic E-state index is -4.64. The molecule has 0 amide bonds. The van der Waals surface area contributed by atoms with E-state index < -0.39 is 17.4 Å². The molecule has 0 aliphatic rings. The van der Waals surface area contributed by atoms with Gasteiger partial charge < -0.3 is 4.74 Å². The first-order valence-electron chi connectivity index (χ1n) is 5.38. The lowest BCUT2D eigenvalue weighted by molar-refractivity contribution is -0.141. The Labute approximate surface area is 110 Å². The first kappa shape index (κ1) is 15.6. The van der Waals surface area contributed by atoms with Gasteiger partial charge in [-0.1, -0.05) is 25.2 Å². The van der Waals surface area contributed by atoms with Crippen LogP contribution in [0.4, 0.5) is 13.2 Å².